The fourth-order valence-corrected chi connectivity index (χ4v) is 4.01. The minimum atomic E-state index is -5.00. The average Bonchev–Trinajstić information content (AvgIpc) is 2.87. The first-order chi connectivity index (χ1) is 19.4. The molecule has 0 saturated carbocycles. The Morgan fingerprint density at radius 1 is 0.610 bits per heavy atom. The third-order valence-corrected chi connectivity index (χ3v) is 6.03. The summed E-state index contributed by atoms with van der Waals surface area (Å²) in [6, 6.07) is 0. The molecule has 0 aliphatic rings. The second kappa shape index (κ2) is 24.7. The minimum absolute atomic E-state index is 0.0590. The molecule has 0 aromatic rings. The fourth-order valence-electron chi connectivity index (χ4n) is 3.70. The zero-order chi connectivity index (χ0) is 30.9. The maximum Gasteiger partial charge on any atom is 0.303 e. The van der Waals surface area contributed by atoms with Crippen molar-refractivity contribution in [3.8, 4) is 0 Å². The van der Waals surface area contributed by atoms with E-state index in [1.165, 1.54) is 58.8 Å². The molecule has 242 valence electrons. The van der Waals surface area contributed by atoms with Crippen LogP contribution in [0.15, 0.2) is 0 Å². The van der Waals surface area contributed by atoms with Crippen molar-refractivity contribution in [3.63, 3.8) is 0 Å². The summed E-state index contributed by atoms with van der Waals surface area (Å²) in [5, 5.41) is 0. The van der Waals surface area contributed by atoms with Crippen molar-refractivity contribution < 1.29 is 60.0 Å². The van der Waals surface area contributed by atoms with Crippen molar-refractivity contribution in [2.75, 3.05) is 46.2 Å². The number of rotatable bonds is 27. The molecule has 0 spiro atoms. The quantitative estimate of drug-likeness (QED) is 0.0435. The molecular formula is C27H49O13S-. The van der Waals surface area contributed by atoms with Gasteiger partial charge in [-0.05, 0) is 6.42 Å². The van der Waals surface area contributed by atoms with Crippen LogP contribution >= 0.6 is 0 Å². The molecule has 13 nitrogen and oxygen atoms in total. The molecule has 0 aromatic heterocycles. The first-order valence-electron chi connectivity index (χ1n) is 14.3. The van der Waals surface area contributed by atoms with Crippen molar-refractivity contribution >= 4 is 28.3 Å². The molecule has 0 aromatic carbocycles. The zero-order valence-electron chi connectivity index (χ0n) is 25.0. The van der Waals surface area contributed by atoms with Gasteiger partial charge in [-0.25, -0.2) is 8.42 Å². The van der Waals surface area contributed by atoms with E-state index < -0.39 is 53.2 Å². The van der Waals surface area contributed by atoms with E-state index in [4.69, 9.17) is 28.4 Å². The van der Waals surface area contributed by atoms with Gasteiger partial charge in [0.25, 0.3) is 0 Å². The highest BCUT2D eigenvalue weighted by atomic mass is 32.3. The van der Waals surface area contributed by atoms with Crippen molar-refractivity contribution in [1.29, 1.82) is 0 Å². The van der Waals surface area contributed by atoms with Crippen molar-refractivity contribution in [1.82, 2.24) is 0 Å². The molecular weight excluding hydrogens is 564 g/mol. The van der Waals surface area contributed by atoms with E-state index in [-0.39, 0.29) is 33.0 Å². The minimum Gasteiger partial charge on any atom is -0.726 e. The van der Waals surface area contributed by atoms with Gasteiger partial charge in [0, 0.05) is 27.4 Å². The number of hydrogen-bond donors (Lipinski definition) is 0. The summed E-state index contributed by atoms with van der Waals surface area (Å²) in [6.45, 7) is 5.01. The molecule has 0 N–H and O–H groups in total. The molecule has 0 bridgehead atoms. The Bertz CT molecular complexity index is 803. The van der Waals surface area contributed by atoms with E-state index in [1.807, 2.05) is 0 Å². The predicted octanol–water partition coefficient (Wildman–Crippen LogP) is 3.23. The normalized spacial score (nSPS) is 13.8. The number of unbranched alkanes of at least 4 members (excludes halogenated alkanes) is 9. The number of esters is 3. The van der Waals surface area contributed by atoms with E-state index in [0.717, 1.165) is 26.2 Å². The van der Waals surface area contributed by atoms with E-state index in [1.54, 1.807) is 0 Å². The first kappa shape index (κ1) is 39.2. The first-order valence-corrected chi connectivity index (χ1v) is 15.6. The highest BCUT2D eigenvalue weighted by Crippen LogP contribution is 2.11. The average molecular weight is 614 g/mol. The van der Waals surface area contributed by atoms with Crippen molar-refractivity contribution in [2.24, 2.45) is 0 Å². The van der Waals surface area contributed by atoms with Crippen LogP contribution in [0.5, 0.6) is 0 Å². The van der Waals surface area contributed by atoms with Gasteiger partial charge in [0.2, 0.25) is 10.4 Å². The van der Waals surface area contributed by atoms with Gasteiger partial charge in [-0.1, -0.05) is 64.7 Å². The highest BCUT2D eigenvalue weighted by Gasteiger charge is 2.21. The smallest absolute Gasteiger partial charge is 0.303 e. The Hall–Kier alpha value is -1.84. The van der Waals surface area contributed by atoms with Gasteiger partial charge < -0.3 is 33.0 Å². The molecule has 0 radical (unpaired) electrons. The van der Waals surface area contributed by atoms with Crippen LogP contribution in [0.25, 0.3) is 0 Å². The van der Waals surface area contributed by atoms with Gasteiger partial charge in [0.05, 0.1) is 26.4 Å². The van der Waals surface area contributed by atoms with Crippen LogP contribution in [-0.2, 0) is 57.4 Å². The van der Waals surface area contributed by atoms with E-state index >= 15 is 0 Å². The molecule has 0 saturated heterocycles. The number of carbonyl (C=O) groups excluding carboxylic acids is 3. The summed E-state index contributed by atoms with van der Waals surface area (Å²) in [4.78, 5) is 34.1. The zero-order valence-corrected chi connectivity index (χ0v) is 25.8. The Labute approximate surface area is 244 Å². The van der Waals surface area contributed by atoms with Crippen LogP contribution in [0.4, 0.5) is 0 Å². The molecule has 0 aliphatic carbocycles. The lowest BCUT2D eigenvalue weighted by molar-refractivity contribution is -0.162. The number of hydrogen-bond acceptors (Lipinski definition) is 13. The molecule has 0 rings (SSSR count). The van der Waals surface area contributed by atoms with Gasteiger partial charge in [0.1, 0.15) is 31.5 Å². The topological polar surface area (TPSA) is 173 Å². The fraction of sp³-hybridized carbons (Fsp3) is 0.889. The summed E-state index contributed by atoms with van der Waals surface area (Å²) in [5.41, 5.74) is 0. The molecule has 41 heavy (non-hydrogen) atoms. The lowest BCUT2D eigenvalue weighted by Gasteiger charge is -2.23. The summed E-state index contributed by atoms with van der Waals surface area (Å²) in [6.07, 6.45) is 9.39. The summed E-state index contributed by atoms with van der Waals surface area (Å²) in [5.74, 6) is -1.82. The van der Waals surface area contributed by atoms with Gasteiger partial charge in [-0.3, -0.25) is 18.6 Å². The van der Waals surface area contributed by atoms with Crippen LogP contribution in [-0.4, -0.2) is 95.4 Å². The van der Waals surface area contributed by atoms with Crippen LogP contribution in [0.3, 0.4) is 0 Å². The van der Waals surface area contributed by atoms with Crippen LogP contribution in [0.2, 0.25) is 0 Å². The molecule has 3 atom stereocenters. The summed E-state index contributed by atoms with van der Waals surface area (Å²) in [7, 11) is -5.00. The van der Waals surface area contributed by atoms with Gasteiger partial charge >= 0.3 is 17.9 Å². The monoisotopic (exact) mass is 613 g/mol. The van der Waals surface area contributed by atoms with E-state index in [0.29, 0.717) is 6.61 Å². The predicted molar refractivity (Wildman–Crippen MR) is 147 cm³/mol. The van der Waals surface area contributed by atoms with Crippen LogP contribution < -0.4 is 0 Å². The Kier molecular flexibility index (Phi) is 23.6. The van der Waals surface area contributed by atoms with Gasteiger partial charge in [0.15, 0.2) is 0 Å². The maximum absolute atomic E-state index is 11.5. The lowest BCUT2D eigenvalue weighted by atomic mass is 10.1. The highest BCUT2D eigenvalue weighted by molar-refractivity contribution is 7.80. The van der Waals surface area contributed by atoms with Crippen molar-refractivity contribution in [3.05, 3.63) is 0 Å². The number of ether oxygens (including phenoxy) is 6. The third-order valence-electron chi connectivity index (χ3n) is 5.61. The Balaban J connectivity index is 4.57. The van der Waals surface area contributed by atoms with Gasteiger partial charge in [-0.15, -0.1) is 0 Å². The lowest BCUT2D eigenvalue weighted by Crippen LogP contribution is -2.35. The van der Waals surface area contributed by atoms with Crippen molar-refractivity contribution in [2.45, 2.75) is 110 Å². The summed E-state index contributed by atoms with van der Waals surface area (Å²) >= 11 is 0. The molecule has 0 amide bonds. The summed E-state index contributed by atoms with van der Waals surface area (Å²) < 4.78 is 68.3. The van der Waals surface area contributed by atoms with Crippen LogP contribution in [0.1, 0.15) is 91.9 Å². The molecule has 0 aliphatic heterocycles. The Morgan fingerprint density at radius 3 is 1.59 bits per heavy atom. The largest absolute Gasteiger partial charge is 0.726 e. The second-order valence-electron chi connectivity index (χ2n) is 9.71. The molecule has 3 unspecified atom stereocenters. The Morgan fingerprint density at radius 2 is 1.10 bits per heavy atom. The second-order valence-corrected chi connectivity index (χ2v) is 10.8. The SMILES string of the molecule is CCCCCCCCCCCCOCC(COC(C)=O)OCC(COCC(COS(=O)(=O)[O-])OC(C)=O)OC(C)=O. The van der Waals surface area contributed by atoms with E-state index in [9.17, 15) is 27.4 Å². The third kappa shape index (κ3) is 28.1. The van der Waals surface area contributed by atoms with Crippen LogP contribution in [0, 0.1) is 0 Å². The van der Waals surface area contributed by atoms with E-state index in [2.05, 4.69) is 11.1 Å². The van der Waals surface area contributed by atoms with Gasteiger partial charge in [-0.2, -0.15) is 0 Å². The molecule has 0 fully saturated rings. The molecule has 0 heterocycles. The standard InChI is InChI=1S/C27H50O13S/c1-5-6-7-8-9-10-11-12-13-14-15-34-16-25(19-36-22(2)28)37-20-26(39-23(3)29)17-35-18-27(40-24(4)30)21-38-41(31,32)33/h25-27H,5-21H2,1-4H3,(H,31,32,33)/p-1. The maximum atomic E-state index is 11.5. The number of carbonyl (C=O) groups is 3. The molecule has 14 heteroatoms.